The maximum absolute atomic E-state index is 13.9. The highest BCUT2D eigenvalue weighted by atomic mass is 79.9. The highest BCUT2D eigenvalue weighted by molar-refractivity contribution is 9.10. The maximum Gasteiger partial charge on any atom is 0.243 e. The molecule has 3 rings (SSSR count). The van der Waals surface area contributed by atoms with Gasteiger partial charge in [-0.05, 0) is 48.2 Å². The van der Waals surface area contributed by atoms with Crippen LogP contribution >= 0.6 is 15.9 Å². The van der Waals surface area contributed by atoms with E-state index in [1.54, 1.807) is 29.2 Å². The lowest BCUT2D eigenvalue weighted by Gasteiger charge is -2.32. The zero-order valence-corrected chi connectivity index (χ0v) is 26.2. The molecule has 0 spiro atoms. The van der Waals surface area contributed by atoms with Gasteiger partial charge >= 0.3 is 0 Å². The summed E-state index contributed by atoms with van der Waals surface area (Å²) in [4.78, 5) is 28.9. The van der Waals surface area contributed by atoms with Crippen LogP contribution in [0.5, 0.6) is 5.75 Å². The van der Waals surface area contributed by atoms with Crippen molar-refractivity contribution in [1.82, 2.24) is 10.2 Å². The van der Waals surface area contributed by atoms with Gasteiger partial charge < -0.3 is 15.0 Å². The molecular weight excluding hydrogens is 606 g/mol. The highest BCUT2D eigenvalue weighted by Crippen LogP contribution is 2.30. The summed E-state index contributed by atoms with van der Waals surface area (Å²) in [5.41, 5.74) is 2.24. The van der Waals surface area contributed by atoms with E-state index in [0.29, 0.717) is 24.4 Å². The first kappa shape index (κ1) is 32.1. The van der Waals surface area contributed by atoms with Gasteiger partial charge in [0.2, 0.25) is 21.8 Å². The molecule has 2 amide bonds. The van der Waals surface area contributed by atoms with Crippen molar-refractivity contribution in [2.75, 3.05) is 30.8 Å². The van der Waals surface area contributed by atoms with Crippen LogP contribution in [0, 0.1) is 0 Å². The predicted molar refractivity (Wildman–Crippen MR) is 166 cm³/mol. The number of hydrogen-bond acceptors (Lipinski definition) is 5. The minimum Gasteiger partial charge on any atom is -0.495 e. The number of sulfonamides is 1. The largest absolute Gasteiger partial charge is 0.495 e. The molecule has 3 aromatic carbocycles. The lowest BCUT2D eigenvalue weighted by atomic mass is 10.0. The average molecular weight is 645 g/mol. The number of rotatable bonds is 15. The normalized spacial score (nSPS) is 11.9. The third-order valence-corrected chi connectivity index (χ3v) is 8.30. The number of hydrogen-bond donors (Lipinski definition) is 1. The molecule has 3 aromatic rings. The lowest BCUT2D eigenvalue weighted by molar-refractivity contribution is -0.141. The number of nitrogens with zero attached hydrogens (tertiary/aromatic N) is 2. The Labute approximate surface area is 251 Å². The van der Waals surface area contributed by atoms with Crippen molar-refractivity contribution >= 4 is 43.5 Å². The predicted octanol–water partition coefficient (Wildman–Crippen LogP) is 5.17. The van der Waals surface area contributed by atoms with Crippen LogP contribution in [0.3, 0.4) is 0 Å². The second kappa shape index (κ2) is 15.6. The summed E-state index contributed by atoms with van der Waals surface area (Å²) >= 11 is 3.45. The summed E-state index contributed by atoms with van der Waals surface area (Å²) in [6.45, 7) is 2.81. The number of carbonyl (C=O) groups excluding carboxylic acids is 2. The number of ether oxygens (including phenoxy) is 1. The molecule has 0 saturated heterocycles. The molecule has 8 nitrogen and oxygen atoms in total. The van der Waals surface area contributed by atoms with Gasteiger partial charge in [0.25, 0.3) is 0 Å². The molecular formula is C31H38BrN3O5S. The van der Waals surface area contributed by atoms with E-state index >= 15 is 0 Å². The summed E-state index contributed by atoms with van der Waals surface area (Å²) in [5.74, 6) is -0.0152. The Kier molecular flexibility index (Phi) is 12.2. The summed E-state index contributed by atoms with van der Waals surface area (Å²) in [6, 6.07) is 23.4. The maximum atomic E-state index is 13.9. The van der Waals surface area contributed by atoms with Crippen molar-refractivity contribution in [1.29, 1.82) is 0 Å². The lowest BCUT2D eigenvalue weighted by Crippen LogP contribution is -2.50. The number of amides is 2. The Morgan fingerprint density at radius 2 is 1.61 bits per heavy atom. The molecule has 0 radical (unpaired) electrons. The van der Waals surface area contributed by atoms with Crippen molar-refractivity contribution in [3.63, 3.8) is 0 Å². The third kappa shape index (κ3) is 9.60. The smallest absolute Gasteiger partial charge is 0.243 e. The molecule has 0 bridgehead atoms. The van der Waals surface area contributed by atoms with E-state index < -0.39 is 16.1 Å². The van der Waals surface area contributed by atoms with Gasteiger partial charge in [-0.2, -0.15) is 0 Å². The van der Waals surface area contributed by atoms with Gasteiger partial charge in [-0.15, -0.1) is 0 Å². The standard InChI is InChI=1S/C31H38BrN3O5S/c1-4-20-33-31(37)28(22-24-11-6-5-7-12-24)34(23-25-16-18-26(32)19-17-25)30(36)15-10-21-35(41(3,38)39)27-13-8-9-14-29(27)40-2/h5-9,11-14,16-19,28H,4,10,15,20-23H2,1-3H3,(H,33,37)/t28-/m0/s1. The Morgan fingerprint density at radius 3 is 2.24 bits per heavy atom. The molecule has 1 N–H and O–H groups in total. The average Bonchev–Trinajstić information content (AvgIpc) is 2.96. The van der Waals surface area contributed by atoms with Crippen molar-refractivity contribution in [2.45, 2.75) is 45.2 Å². The Morgan fingerprint density at radius 1 is 0.951 bits per heavy atom. The second-order valence-electron chi connectivity index (χ2n) is 9.76. The van der Waals surface area contributed by atoms with Gasteiger partial charge in [0.1, 0.15) is 11.8 Å². The van der Waals surface area contributed by atoms with Crippen LogP contribution in [0.15, 0.2) is 83.3 Å². The van der Waals surface area contributed by atoms with E-state index in [1.165, 1.54) is 11.4 Å². The number of anilines is 1. The summed E-state index contributed by atoms with van der Waals surface area (Å²) < 4.78 is 32.9. The fraction of sp³-hybridized carbons (Fsp3) is 0.355. The first-order valence-electron chi connectivity index (χ1n) is 13.6. The Hall–Kier alpha value is -3.37. The number of para-hydroxylation sites is 2. The topological polar surface area (TPSA) is 96.0 Å². The second-order valence-corrected chi connectivity index (χ2v) is 12.6. The molecule has 220 valence electrons. The van der Waals surface area contributed by atoms with Crippen molar-refractivity contribution < 1.29 is 22.7 Å². The van der Waals surface area contributed by atoms with Crippen LogP contribution in [0.4, 0.5) is 5.69 Å². The minimum atomic E-state index is -3.64. The van der Waals surface area contributed by atoms with Crippen LogP contribution in [-0.2, 0) is 32.6 Å². The van der Waals surface area contributed by atoms with Gasteiger partial charge in [-0.1, -0.05) is 77.5 Å². The first-order chi connectivity index (χ1) is 19.6. The van der Waals surface area contributed by atoms with Gasteiger partial charge in [0.15, 0.2) is 0 Å². The van der Waals surface area contributed by atoms with Gasteiger partial charge in [0.05, 0.1) is 19.1 Å². The number of nitrogens with one attached hydrogen (secondary N) is 1. The molecule has 0 fully saturated rings. The molecule has 0 saturated carbocycles. The van der Waals surface area contributed by atoms with E-state index in [9.17, 15) is 18.0 Å². The SMILES string of the molecule is CCCNC(=O)[C@H](Cc1ccccc1)N(Cc1ccc(Br)cc1)C(=O)CCCN(c1ccccc1OC)S(C)(=O)=O. The first-order valence-corrected chi connectivity index (χ1v) is 16.2. The number of methoxy groups -OCH3 is 1. The van der Waals surface area contributed by atoms with Crippen LogP contribution in [0.1, 0.15) is 37.3 Å². The molecule has 0 heterocycles. The molecule has 0 aliphatic rings. The van der Waals surface area contributed by atoms with E-state index in [0.717, 1.165) is 28.3 Å². The number of carbonyl (C=O) groups is 2. The number of benzene rings is 3. The van der Waals surface area contributed by atoms with E-state index in [4.69, 9.17) is 4.74 Å². The van der Waals surface area contributed by atoms with E-state index in [1.807, 2.05) is 61.5 Å². The van der Waals surface area contributed by atoms with Crippen LogP contribution in [0.2, 0.25) is 0 Å². The van der Waals surface area contributed by atoms with Crippen LogP contribution in [-0.4, -0.2) is 57.6 Å². The summed E-state index contributed by atoms with van der Waals surface area (Å²) in [5, 5.41) is 2.97. The monoisotopic (exact) mass is 643 g/mol. The van der Waals surface area contributed by atoms with Crippen molar-refractivity contribution in [2.24, 2.45) is 0 Å². The molecule has 0 unspecified atom stereocenters. The van der Waals surface area contributed by atoms with Gasteiger partial charge in [-0.3, -0.25) is 13.9 Å². The molecule has 41 heavy (non-hydrogen) atoms. The summed E-state index contributed by atoms with van der Waals surface area (Å²) in [6.07, 6.45) is 2.58. The van der Waals surface area contributed by atoms with Crippen molar-refractivity contribution in [3.8, 4) is 5.75 Å². The van der Waals surface area contributed by atoms with E-state index in [-0.39, 0.29) is 37.7 Å². The van der Waals surface area contributed by atoms with Gasteiger partial charge in [0, 0.05) is 36.9 Å². The van der Waals surface area contributed by atoms with E-state index in [2.05, 4.69) is 21.2 Å². The Balaban J connectivity index is 1.88. The van der Waals surface area contributed by atoms with Crippen LogP contribution in [0.25, 0.3) is 0 Å². The summed E-state index contributed by atoms with van der Waals surface area (Å²) in [7, 11) is -2.16. The zero-order valence-electron chi connectivity index (χ0n) is 23.8. The fourth-order valence-electron chi connectivity index (χ4n) is 4.52. The fourth-order valence-corrected chi connectivity index (χ4v) is 5.76. The number of halogens is 1. The van der Waals surface area contributed by atoms with Crippen LogP contribution < -0.4 is 14.4 Å². The zero-order chi connectivity index (χ0) is 29.8. The highest BCUT2D eigenvalue weighted by Gasteiger charge is 2.30. The molecule has 1 atom stereocenters. The molecule has 0 aliphatic carbocycles. The molecule has 0 aliphatic heterocycles. The Bertz CT molecular complexity index is 1380. The quantitative estimate of drug-likeness (QED) is 0.247. The minimum absolute atomic E-state index is 0.0596. The van der Waals surface area contributed by atoms with Crippen molar-refractivity contribution in [3.05, 3.63) is 94.5 Å². The molecule has 0 aromatic heterocycles. The van der Waals surface area contributed by atoms with Gasteiger partial charge in [-0.25, -0.2) is 8.42 Å². The molecule has 10 heteroatoms. The third-order valence-electron chi connectivity index (χ3n) is 6.59.